The van der Waals surface area contributed by atoms with Crippen LogP contribution in [0.25, 0.3) is 0 Å². The third-order valence-corrected chi connectivity index (χ3v) is 5.06. The van der Waals surface area contributed by atoms with Crippen molar-refractivity contribution < 1.29 is 22.8 Å². The zero-order valence-corrected chi connectivity index (χ0v) is 15.8. The molecule has 9 nitrogen and oxygen atoms in total. The highest BCUT2D eigenvalue weighted by atomic mass is 19.4. The molecule has 0 spiro atoms. The summed E-state index contributed by atoms with van der Waals surface area (Å²) in [6.45, 7) is 2.15. The first-order chi connectivity index (χ1) is 14.2. The van der Waals surface area contributed by atoms with Gasteiger partial charge in [-0.2, -0.15) is 13.2 Å². The van der Waals surface area contributed by atoms with Gasteiger partial charge in [0.2, 0.25) is 0 Å². The number of hydrogen-bond acceptors (Lipinski definition) is 6. The minimum absolute atomic E-state index is 0.181. The Morgan fingerprint density at radius 3 is 2.77 bits per heavy atom. The molecular formula is C18H18F3N7O2. The maximum Gasteiger partial charge on any atom is 0.408 e. The Kier molecular flexibility index (Phi) is 4.92. The third-order valence-electron chi connectivity index (χ3n) is 5.06. The predicted molar refractivity (Wildman–Crippen MR) is 101 cm³/mol. The van der Waals surface area contributed by atoms with Crippen LogP contribution in [0.5, 0.6) is 0 Å². The number of hydrogen-bond donors (Lipinski definition) is 2. The summed E-state index contributed by atoms with van der Waals surface area (Å²) in [6, 6.07) is 1.78. The van der Waals surface area contributed by atoms with Crippen molar-refractivity contribution in [1.82, 2.24) is 20.3 Å². The number of fused-ring (bicyclic) bond motifs is 4. The lowest BCUT2D eigenvalue weighted by molar-refractivity contribution is -0.149. The Balaban J connectivity index is 1.63. The van der Waals surface area contributed by atoms with Gasteiger partial charge in [-0.3, -0.25) is 15.0 Å². The summed E-state index contributed by atoms with van der Waals surface area (Å²) in [6.07, 6.45) is -1.11. The maximum atomic E-state index is 13.0. The summed E-state index contributed by atoms with van der Waals surface area (Å²) in [4.78, 5) is 40.7. The number of anilines is 3. The van der Waals surface area contributed by atoms with Crippen LogP contribution in [0.15, 0.2) is 30.7 Å². The van der Waals surface area contributed by atoms with Crippen molar-refractivity contribution in [1.29, 1.82) is 0 Å². The van der Waals surface area contributed by atoms with E-state index in [1.165, 1.54) is 29.6 Å². The molecule has 2 N–H and O–H groups in total. The Morgan fingerprint density at radius 2 is 2.07 bits per heavy atom. The molecular weight excluding hydrogens is 403 g/mol. The molecule has 12 heteroatoms. The van der Waals surface area contributed by atoms with Gasteiger partial charge < -0.3 is 10.2 Å². The van der Waals surface area contributed by atoms with E-state index in [-0.39, 0.29) is 17.6 Å². The predicted octanol–water partition coefficient (Wildman–Crippen LogP) is 2.18. The molecule has 1 saturated heterocycles. The number of carbonyl (C=O) groups is 2. The molecule has 2 aliphatic rings. The van der Waals surface area contributed by atoms with Crippen LogP contribution in [0.3, 0.4) is 0 Å². The van der Waals surface area contributed by atoms with Gasteiger partial charge in [0.25, 0.3) is 5.91 Å². The highest BCUT2D eigenvalue weighted by Gasteiger charge is 2.41. The van der Waals surface area contributed by atoms with Crippen LogP contribution in [-0.2, 0) is 0 Å². The van der Waals surface area contributed by atoms with Crippen LogP contribution in [0.2, 0.25) is 0 Å². The Hall–Kier alpha value is -3.44. The second kappa shape index (κ2) is 7.43. The zero-order valence-electron chi connectivity index (χ0n) is 15.8. The topological polar surface area (TPSA) is 103 Å². The van der Waals surface area contributed by atoms with Gasteiger partial charge in [0.05, 0.1) is 11.7 Å². The lowest BCUT2D eigenvalue weighted by Gasteiger charge is -2.35. The van der Waals surface area contributed by atoms with Gasteiger partial charge in [0.15, 0.2) is 5.82 Å². The van der Waals surface area contributed by atoms with Crippen molar-refractivity contribution in [2.45, 2.75) is 31.6 Å². The van der Waals surface area contributed by atoms with E-state index in [0.29, 0.717) is 31.0 Å². The number of urea groups is 1. The molecule has 0 aliphatic carbocycles. The highest BCUT2D eigenvalue weighted by molar-refractivity contribution is 6.05. The van der Waals surface area contributed by atoms with E-state index in [2.05, 4.69) is 20.3 Å². The van der Waals surface area contributed by atoms with E-state index >= 15 is 0 Å². The van der Waals surface area contributed by atoms with E-state index < -0.39 is 24.2 Å². The van der Waals surface area contributed by atoms with E-state index in [1.807, 2.05) is 10.2 Å². The molecule has 4 heterocycles. The number of amides is 3. The monoisotopic (exact) mass is 421 g/mol. The standard InChI is InChI=1S/C18H18F3N7O2/c1-10(18(19,20)21)24-16(29)12-2-3-13-15(25-12)28(11-5-7-27(13)8-11)17(30)26-14-4-6-22-9-23-14/h2-4,6,9-11H,5,7-8H2,1H3,(H,24,29)(H,22,23,26,30)/t10?,11-/m0/s1. The van der Waals surface area contributed by atoms with Crippen LogP contribution in [0.4, 0.5) is 35.3 Å². The van der Waals surface area contributed by atoms with Gasteiger partial charge in [0, 0.05) is 19.3 Å². The fraction of sp³-hybridized carbons (Fsp3) is 0.389. The molecule has 2 aromatic rings. The Bertz CT molecular complexity index is 970. The number of halogens is 3. The fourth-order valence-electron chi connectivity index (χ4n) is 3.48. The molecule has 3 amide bonds. The van der Waals surface area contributed by atoms with Gasteiger partial charge in [-0.15, -0.1) is 0 Å². The van der Waals surface area contributed by atoms with Crippen molar-refractivity contribution in [3.05, 3.63) is 36.4 Å². The van der Waals surface area contributed by atoms with Gasteiger partial charge in [-0.1, -0.05) is 0 Å². The highest BCUT2D eigenvalue weighted by Crippen LogP contribution is 2.39. The molecule has 2 aromatic heterocycles. The van der Waals surface area contributed by atoms with Crippen LogP contribution in [0, 0.1) is 0 Å². The van der Waals surface area contributed by atoms with Crippen LogP contribution < -0.4 is 20.4 Å². The largest absolute Gasteiger partial charge is 0.408 e. The minimum Gasteiger partial charge on any atom is -0.366 e. The van der Waals surface area contributed by atoms with Gasteiger partial charge in [-0.05, 0) is 31.5 Å². The molecule has 1 fully saturated rings. The van der Waals surface area contributed by atoms with Crippen LogP contribution in [0.1, 0.15) is 23.8 Å². The number of carbonyl (C=O) groups excluding carboxylic acids is 2. The maximum absolute atomic E-state index is 13.0. The Morgan fingerprint density at radius 1 is 1.27 bits per heavy atom. The number of rotatable bonds is 3. The molecule has 158 valence electrons. The zero-order chi connectivity index (χ0) is 21.5. The lowest BCUT2D eigenvalue weighted by Crippen LogP contribution is -2.49. The van der Waals surface area contributed by atoms with Crippen LogP contribution in [-0.4, -0.2) is 58.2 Å². The van der Waals surface area contributed by atoms with E-state index in [0.717, 1.165) is 6.92 Å². The second-order valence-corrected chi connectivity index (χ2v) is 7.06. The second-order valence-electron chi connectivity index (χ2n) is 7.06. The lowest BCUT2D eigenvalue weighted by atomic mass is 10.1. The van der Waals surface area contributed by atoms with Crippen molar-refractivity contribution in [2.24, 2.45) is 0 Å². The summed E-state index contributed by atoms with van der Waals surface area (Å²) in [5, 5.41) is 4.55. The number of nitrogens with zero attached hydrogens (tertiary/aromatic N) is 5. The van der Waals surface area contributed by atoms with Crippen molar-refractivity contribution in [3.63, 3.8) is 0 Å². The van der Waals surface area contributed by atoms with Gasteiger partial charge in [0.1, 0.15) is 23.9 Å². The first-order valence-corrected chi connectivity index (χ1v) is 9.24. The average molecular weight is 421 g/mol. The molecule has 0 radical (unpaired) electrons. The van der Waals surface area contributed by atoms with Gasteiger partial charge >= 0.3 is 12.2 Å². The number of nitrogens with one attached hydrogen (secondary N) is 2. The van der Waals surface area contributed by atoms with Crippen molar-refractivity contribution in [3.8, 4) is 0 Å². The molecule has 2 atom stereocenters. The number of pyridine rings is 1. The fourth-order valence-corrected chi connectivity index (χ4v) is 3.48. The molecule has 2 bridgehead atoms. The number of aromatic nitrogens is 3. The summed E-state index contributed by atoms with van der Waals surface area (Å²) >= 11 is 0. The summed E-state index contributed by atoms with van der Waals surface area (Å²) < 4.78 is 38.3. The van der Waals surface area contributed by atoms with Crippen molar-refractivity contribution in [2.75, 3.05) is 28.2 Å². The van der Waals surface area contributed by atoms with E-state index in [4.69, 9.17) is 0 Å². The molecule has 4 rings (SSSR count). The smallest absolute Gasteiger partial charge is 0.366 e. The first-order valence-electron chi connectivity index (χ1n) is 9.24. The van der Waals surface area contributed by atoms with E-state index in [9.17, 15) is 22.8 Å². The molecule has 0 saturated carbocycles. The molecule has 0 aromatic carbocycles. The van der Waals surface area contributed by atoms with Crippen molar-refractivity contribution >= 4 is 29.3 Å². The quantitative estimate of drug-likeness (QED) is 0.788. The minimum atomic E-state index is -4.57. The van der Waals surface area contributed by atoms with Gasteiger partial charge in [-0.25, -0.2) is 19.7 Å². The first kappa shape index (κ1) is 19.9. The number of alkyl halides is 3. The molecule has 2 aliphatic heterocycles. The average Bonchev–Trinajstić information content (AvgIpc) is 3.12. The summed E-state index contributed by atoms with van der Waals surface area (Å²) in [5.41, 5.74) is 0.439. The Labute approximate surface area is 169 Å². The molecule has 1 unspecified atom stereocenters. The SMILES string of the molecule is CC(NC(=O)c1ccc2c(n1)N(C(=O)Nc1ccncn1)[C@H]1CCN2C1)C(F)(F)F. The normalized spacial score (nSPS) is 18.6. The third kappa shape index (κ3) is 3.72. The summed E-state index contributed by atoms with van der Waals surface area (Å²) in [7, 11) is 0. The van der Waals surface area contributed by atoms with E-state index in [1.54, 1.807) is 6.07 Å². The van der Waals surface area contributed by atoms with Crippen LogP contribution >= 0.6 is 0 Å². The molecule has 30 heavy (non-hydrogen) atoms. The summed E-state index contributed by atoms with van der Waals surface area (Å²) in [5.74, 6) is -0.445.